The summed E-state index contributed by atoms with van der Waals surface area (Å²) in [6.45, 7) is 38.0. The van der Waals surface area contributed by atoms with Gasteiger partial charge in [0.15, 0.2) is 29.1 Å². The number of benzene rings is 5. The number of nitriles is 1. The lowest BCUT2D eigenvalue weighted by Crippen LogP contribution is -2.25. The molecule has 10 aromatic rings. The van der Waals surface area contributed by atoms with Crippen LogP contribution >= 0.6 is 11.6 Å². The number of carbonyl (C=O) groups is 5. The minimum Gasteiger partial charge on any atom is -0.492 e. The number of esters is 5. The lowest BCUT2D eigenvalue weighted by molar-refractivity contribution is -0.142. The maximum absolute atomic E-state index is 11.6. The van der Waals surface area contributed by atoms with Crippen molar-refractivity contribution in [3.05, 3.63) is 180 Å². The highest BCUT2D eigenvalue weighted by molar-refractivity contribution is 6.31. The van der Waals surface area contributed by atoms with E-state index in [0.717, 1.165) is 63.7 Å². The average molecular weight is 1780 g/mol. The van der Waals surface area contributed by atoms with E-state index in [0.29, 0.717) is 88.8 Å². The fourth-order valence-corrected chi connectivity index (χ4v) is 11.6. The Bertz CT molecular complexity index is 5410. The van der Waals surface area contributed by atoms with Crippen molar-refractivity contribution < 1.29 is 76.1 Å². The molecule has 0 radical (unpaired) electrons. The molecule has 35 heteroatoms. The molecule has 34 nitrogen and oxygen atoms in total. The monoisotopic (exact) mass is 1780 g/mol. The van der Waals surface area contributed by atoms with Gasteiger partial charge in [0.25, 0.3) is 0 Å². The molecule has 1 aliphatic rings. The number of halogens is 1. The third-order valence-corrected chi connectivity index (χ3v) is 16.7. The van der Waals surface area contributed by atoms with Crippen molar-refractivity contribution in [2.24, 2.45) is 0 Å². The van der Waals surface area contributed by atoms with Crippen LogP contribution in [0.1, 0.15) is 132 Å². The van der Waals surface area contributed by atoms with Crippen LogP contribution < -0.4 is 23.7 Å². The van der Waals surface area contributed by atoms with Crippen molar-refractivity contribution in [1.29, 1.82) is 5.26 Å². The molecule has 682 valence electrons. The van der Waals surface area contributed by atoms with E-state index in [2.05, 4.69) is 66.3 Å². The number of ether oxygens (including phenoxy) is 11. The Hall–Kier alpha value is -13.5. The molecule has 6 heterocycles. The molecule has 0 N–H and O–H groups in total. The fraction of sp³-hybridized carbons (Fsp3) is 0.398. The maximum atomic E-state index is 11.6. The molecule has 1 saturated heterocycles. The third-order valence-electron chi connectivity index (χ3n) is 16.5. The summed E-state index contributed by atoms with van der Waals surface area (Å²) in [5.41, 5.74) is 7.65. The number of hydrogen-bond donors (Lipinski definition) is 0. The van der Waals surface area contributed by atoms with E-state index in [1.807, 2.05) is 131 Å². The number of aromatic nitrogens is 15. The summed E-state index contributed by atoms with van der Waals surface area (Å²) in [7, 11) is 5.62. The van der Waals surface area contributed by atoms with Crippen LogP contribution in [0.15, 0.2) is 153 Å². The average Bonchev–Trinajstić information content (AvgIpc) is 1.37. The Morgan fingerprint density at radius 3 is 1.01 bits per heavy atom. The lowest BCUT2D eigenvalue weighted by Gasteiger charge is -2.15. The highest BCUT2D eigenvalue weighted by atomic mass is 35.5. The smallest absolute Gasteiger partial charge is 0.332 e. The molecule has 0 aliphatic carbocycles. The molecule has 0 atom stereocenters. The zero-order valence-corrected chi connectivity index (χ0v) is 77.1. The normalized spacial score (nSPS) is 12.1. The summed E-state index contributed by atoms with van der Waals surface area (Å²) in [5.74, 6) is 4.04. The van der Waals surface area contributed by atoms with Crippen LogP contribution in [0.5, 0.6) is 28.7 Å². The molecular weight excluding hydrogens is 1660 g/mol. The van der Waals surface area contributed by atoms with Gasteiger partial charge in [-0.25, -0.2) is 72.3 Å². The second-order valence-electron chi connectivity index (χ2n) is 31.1. The van der Waals surface area contributed by atoms with Gasteiger partial charge < -0.3 is 57.0 Å². The van der Waals surface area contributed by atoms with E-state index in [-0.39, 0.29) is 42.7 Å². The molecule has 128 heavy (non-hydrogen) atoms. The quantitative estimate of drug-likeness (QED) is 0.0152. The molecule has 11 rings (SSSR count). The molecule has 5 aromatic heterocycles. The van der Waals surface area contributed by atoms with E-state index in [1.165, 1.54) is 123 Å². The predicted molar refractivity (Wildman–Crippen MR) is 488 cm³/mol. The first-order chi connectivity index (χ1) is 61.0. The summed E-state index contributed by atoms with van der Waals surface area (Å²) >= 11 is 6.12. The van der Waals surface area contributed by atoms with Crippen LogP contribution in [0.4, 0.5) is 0 Å². The van der Waals surface area contributed by atoms with Crippen LogP contribution in [0, 0.1) is 32.1 Å². The van der Waals surface area contributed by atoms with E-state index in [9.17, 15) is 29.2 Å². The van der Waals surface area contributed by atoms with E-state index in [4.69, 9.17) is 63.7 Å². The second kappa shape index (κ2) is 52.5. The largest absolute Gasteiger partial charge is 0.492 e. The highest BCUT2D eigenvalue weighted by Crippen LogP contribution is 2.30. The fourth-order valence-electron chi connectivity index (χ4n) is 11.4. The summed E-state index contributed by atoms with van der Waals surface area (Å²) < 4.78 is 66.1. The van der Waals surface area contributed by atoms with Crippen molar-refractivity contribution in [2.45, 2.75) is 173 Å². The number of aryl methyl sites for hydroxylation is 3. The molecule has 0 spiro atoms. The van der Waals surface area contributed by atoms with Gasteiger partial charge in [0, 0.05) is 114 Å². The van der Waals surface area contributed by atoms with Gasteiger partial charge in [0.2, 0.25) is 0 Å². The Morgan fingerprint density at radius 1 is 0.391 bits per heavy atom. The van der Waals surface area contributed by atoms with Gasteiger partial charge in [0.1, 0.15) is 80.2 Å². The number of likely N-dealkylation sites (N-methyl/N-ethyl adjacent to an activating group) is 1. The summed E-state index contributed by atoms with van der Waals surface area (Å²) in [6, 6.07) is 30.2. The summed E-state index contributed by atoms with van der Waals surface area (Å²) in [6.07, 6.45) is 23.5. The zero-order chi connectivity index (χ0) is 93.4. The van der Waals surface area contributed by atoms with E-state index < -0.39 is 29.8 Å². The summed E-state index contributed by atoms with van der Waals surface area (Å²) in [5, 5.41) is 31.4. The number of carbonyl (C=O) groups excluding carboxylic acids is 5. The Balaban J connectivity index is 0.000000219. The van der Waals surface area contributed by atoms with Gasteiger partial charge >= 0.3 is 29.8 Å². The molecule has 1 fully saturated rings. The molecule has 0 amide bonds. The molecule has 1 aliphatic heterocycles. The summed E-state index contributed by atoms with van der Waals surface area (Å²) in [4.78, 5) is 83.5. The van der Waals surface area contributed by atoms with Crippen molar-refractivity contribution in [2.75, 3.05) is 73.8 Å². The Kier molecular flexibility index (Phi) is 41.6. The maximum Gasteiger partial charge on any atom is 0.332 e. The van der Waals surface area contributed by atoms with Crippen molar-refractivity contribution in [3.63, 3.8) is 0 Å². The first kappa shape index (κ1) is 102. The van der Waals surface area contributed by atoms with Crippen LogP contribution in [-0.2, 0) is 52.4 Å². The van der Waals surface area contributed by atoms with E-state index >= 15 is 0 Å². The van der Waals surface area contributed by atoms with Crippen LogP contribution in [0.25, 0.3) is 87.9 Å². The number of methoxy groups -OCH3 is 1. The topological polar surface area (TPSA) is 371 Å². The number of likely N-dealkylation sites (tertiary alicyclic amines) is 1. The molecule has 0 bridgehead atoms. The van der Waals surface area contributed by atoms with Gasteiger partial charge in [0.05, 0.1) is 61.0 Å². The Morgan fingerprint density at radius 2 is 0.688 bits per heavy atom. The molecule has 0 saturated carbocycles. The number of hydrogen-bond acceptors (Lipinski definition) is 29. The molecular formula is C93H117ClN18O16. The number of nitrogens with zero attached hydrogens (tertiary/aromatic N) is 18. The minimum atomic E-state index is -0.453. The predicted octanol–water partition coefficient (Wildman–Crippen LogP) is 15.3. The van der Waals surface area contributed by atoms with Gasteiger partial charge in [-0.3, -0.25) is 4.90 Å². The van der Waals surface area contributed by atoms with Gasteiger partial charge in [-0.05, 0) is 265 Å². The van der Waals surface area contributed by atoms with Crippen LogP contribution in [0.2, 0.25) is 5.02 Å². The number of rotatable bonds is 36. The van der Waals surface area contributed by atoms with Crippen molar-refractivity contribution >= 4 is 72.4 Å². The molecule has 5 aromatic carbocycles. The first-order valence-corrected chi connectivity index (χ1v) is 42.2. The zero-order valence-electron chi connectivity index (χ0n) is 76.4. The standard InChI is InChI=1S/C21H28N4O3.C19H26N4O3.C18H20N4O3.C18H23N3O3.C17H20ClN3O4/c1-16(2)28-20(26)6-9-25-15-22-21(23-25)18-12-17(3)13-19(14-18)27-11-10-24-7-4-5-8-24;1-14(2)26-18(24)6-7-23-13-20-19(21-23)16-10-15(3)11-17(12-16)25-9-8-22(4)5;1-12(2)24-16-8-14(10-19)7-15(9-16)18-20-11-22(21-18)6-5-17(23)25-13(3)4;1-12(2)23-16-9-14(5)8-15(10-16)18-19-11-21(20-18)7-6-17(22)24-13(3)4;1-12(2)25-16(22)4-5-21-11-19-17(20-21)13-8-14(18)10-15(9-13)24-7-6-23-3/h6,9,12-16H,4-5,7-8,10-11H2,1-3H3;6-7,10-14H,8-9H2,1-5H3;5-9,11-13H,1-4H3;6-13H,1-5H3;4-5,8-12H,6-7H2,1-3H3/b9-6-;7-6-;6-5-;7-6-;5-4-. The third kappa shape index (κ3) is 38.5. The van der Waals surface area contributed by atoms with Crippen LogP contribution in [0.3, 0.4) is 0 Å². The SMILES string of the molecule is CC(C)OC(=O)/C=C\n1cnc(-c2cc(C#N)cc(OC(C)C)c2)n1.COCCOc1cc(Cl)cc(-c2ncn(/C=C\C(=O)OC(C)C)n2)c1.Cc1cc(OC(C)C)cc(-c2ncn(/C=C\C(=O)OC(C)C)n2)c1.Cc1cc(OCCN(C)C)cc(-c2ncn(/C=C\C(=O)OC(C)C)n2)c1.Cc1cc(OCCN2CCCC2)cc(-c2ncn(/C=C\C(=O)OC(C)C)n2)c1. The van der Waals surface area contributed by atoms with Gasteiger partial charge in [-0.1, -0.05) is 11.6 Å². The second-order valence-corrected chi connectivity index (χ2v) is 31.5. The van der Waals surface area contributed by atoms with Crippen molar-refractivity contribution in [3.8, 4) is 91.8 Å². The van der Waals surface area contributed by atoms with Gasteiger partial charge in [-0.15, -0.1) is 25.5 Å². The highest BCUT2D eigenvalue weighted by Gasteiger charge is 2.17. The van der Waals surface area contributed by atoms with Gasteiger partial charge in [-0.2, -0.15) is 5.26 Å². The molecule has 0 unspecified atom stereocenters. The van der Waals surface area contributed by atoms with Crippen LogP contribution in [-0.4, -0.2) is 230 Å². The first-order valence-electron chi connectivity index (χ1n) is 41.8. The van der Waals surface area contributed by atoms with E-state index in [1.54, 1.807) is 118 Å². The van der Waals surface area contributed by atoms with Crippen molar-refractivity contribution in [1.82, 2.24) is 83.6 Å². The minimum absolute atomic E-state index is 0.0118. The Labute approximate surface area is 752 Å². The lowest BCUT2D eigenvalue weighted by atomic mass is 10.1.